The van der Waals surface area contributed by atoms with E-state index in [1.807, 2.05) is 0 Å². The molecule has 0 heterocycles. The van der Waals surface area contributed by atoms with Gasteiger partial charge >= 0.3 is 5.97 Å². The second-order valence-corrected chi connectivity index (χ2v) is 3.20. The molecule has 13 heavy (non-hydrogen) atoms. The van der Waals surface area contributed by atoms with Crippen LogP contribution >= 0.6 is 24.2 Å². The van der Waals surface area contributed by atoms with Gasteiger partial charge in [-0.15, -0.1) is 12.6 Å². The van der Waals surface area contributed by atoms with E-state index in [-0.39, 0.29) is 11.3 Å². The zero-order valence-corrected chi connectivity index (χ0v) is 8.39. The summed E-state index contributed by atoms with van der Waals surface area (Å²) >= 11 is 9.72. The summed E-state index contributed by atoms with van der Waals surface area (Å²) in [4.78, 5) is 11.1. The number of carboxylic acid groups (broad SMARTS) is 1. The Labute approximate surface area is 85.7 Å². The van der Waals surface area contributed by atoms with Crippen molar-refractivity contribution >= 4 is 30.2 Å². The number of rotatable bonds is 2. The number of aromatic carboxylic acids is 1. The van der Waals surface area contributed by atoms with Crippen molar-refractivity contribution < 1.29 is 14.6 Å². The summed E-state index contributed by atoms with van der Waals surface area (Å²) < 4.78 is 4.84. The van der Waals surface area contributed by atoms with Gasteiger partial charge in [0.25, 0.3) is 0 Å². The van der Waals surface area contributed by atoms with Crippen molar-refractivity contribution in [1.29, 1.82) is 0 Å². The Balaban J connectivity index is 3.33. The molecule has 5 heteroatoms. The number of hydrogen-bond acceptors (Lipinski definition) is 3. The Hall–Kier alpha value is -0.870. The maximum Gasteiger partial charge on any atom is 0.339 e. The molecule has 0 saturated carbocycles. The summed E-state index contributed by atoms with van der Waals surface area (Å²) in [5.74, 6) is -0.834. The van der Waals surface area contributed by atoms with E-state index in [9.17, 15) is 4.79 Å². The maximum atomic E-state index is 10.7. The largest absolute Gasteiger partial charge is 0.496 e. The minimum Gasteiger partial charge on any atom is -0.496 e. The Morgan fingerprint density at radius 2 is 2.23 bits per heavy atom. The van der Waals surface area contributed by atoms with Gasteiger partial charge in [-0.05, 0) is 6.07 Å². The molecule has 70 valence electrons. The zero-order chi connectivity index (χ0) is 10.0. The number of carbonyl (C=O) groups is 1. The summed E-state index contributed by atoms with van der Waals surface area (Å²) in [6, 6.07) is 2.78. The van der Waals surface area contributed by atoms with Crippen LogP contribution in [0.5, 0.6) is 5.75 Å². The van der Waals surface area contributed by atoms with Gasteiger partial charge in [0.1, 0.15) is 11.3 Å². The third-order valence-electron chi connectivity index (χ3n) is 1.50. The number of hydrogen-bond donors (Lipinski definition) is 2. The van der Waals surface area contributed by atoms with Crippen LogP contribution in [0.3, 0.4) is 0 Å². The molecule has 0 bridgehead atoms. The van der Waals surface area contributed by atoms with Crippen molar-refractivity contribution in [3.63, 3.8) is 0 Å². The number of thiol groups is 1. The molecule has 1 rings (SSSR count). The van der Waals surface area contributed by atoms with E-state index in [0.29, 0.717) is 9.92 Å². The quantitative estimate of drug-likeness (QED) is 0.749. The summed E-state index contributed by atoms with van der Waals surface area (Å²) in [6.45, 7) is 0. The predicted octanol–water partition coefficient (Wildman–Crippen LogP) is 2.34. The van der Waals surface area contributed by atoms with Crippen LogP contribution in [0.2, 0.25) is 5.02 Å². The fourth-order valence-electron chi connectivity index (χ4n) is 0.880. The van der Waals surface area contributed by atoms with Crippen LogP contribution in [-0.2, 0) is 0 Å². The first-order chi connectivity index (χ1) is 6.06. The molecule has 0 fully saturated rings. The van der Waals surface area contributed by atoms with Crippen molar-refractivity contribution in [3.05, 3.63) is 22.7 Å². The molecule has 0 atom stereocenters. The van der Waals surface area contributed by atoms with E-state index < -0.39 is 5.97 Å². The normalized spacial score (nSPS) is 9.77. The fourth-order valence-corrected chi connectivity index (χ4v) is 1.23. The number of carboxylic acids is 1. The van der Waals surface area contributed by atoms with Gasteiger partial charge in [-0.2, -0.15) is 0 Å². The van der Waals surface area contributed by atoms with Gasteiger partial charge in [-0.3, -0.25) is 0 Å². The highest BCUT2D eigenvalue weighted by Crippen LogP contribution is 2.29. The Morgan fingerprint density at radius 3 is 2.69 bits per heavy atom. The third kappa shape index (κ3) is 2.08. The molecular weight excluding hydrogens is 212 g/mol. The smallest absolute Gasteiger partial charge is 0.339 e. The lowest BCUT2D eigenvalue weighted by Crippen LogP contribution is -2.00. The highest BCUT2D eigenvalue weighted by molar-refractivity contribution is 7.80. The molecule has 0 saturated heterocycles. The molecule has 0 unspecified atom stereocenters. The van der Waals surface area contributed by atoms with Gasteiger partial charge in [-0.25, -0.2) is 4.79 Å². The average Bonchev–Trinajstić information content (AvgIpc) is 2.08. The topological polar surface area (TPSA) is 46.5 Å². The second-order valence-electron chi connectivity index (χ2n) is 2.31. The van der Waals surface area contributed by atoms with Crippen molar-refractivity contribution in [1.82, 2.24) is 0 Å². The molecule has 0 aromatic heterocycles. The van der Waals surface area contributed by atoms with E-state index in [1.54, 1.807) is 0 Å². The van der Waals surface area contributed by atoms with Crippen LogP contribution in [0.15, 0.2) is 17.0 Å². The van der Waals surface area contributed by atoms with Gasteiger partial charge in [0.2, 0.25) is 0 Å². The van der Waals surface area contributed by atoms with Gasteiger partial charge < -0.3 is 9.84 Å². The molecule has 0 aliphatic rings. The second kappa shape index (κ2) is 3.89. The van der Waals surface area contributed by atoms with Crippen LogP contribution in [0.1, 0.15) is 10.4 Å². The summed E-state index contributed by atoms with van der Waals surface area (Å²) in [6.07, 6.45) is 0. The van der Waals surface area contributed by atoms with Gasteiger partial charge in [0, 0.05) is 11.0 Å². The number of halogens is 1. The molecule has 0 aliphatic heterocycles. The van der Waals surface area contributed by atoms with Crippen molar-refractivity contribution in [2.75, 3.05) is 7.11 Å². The molecule has 0 aliphatic carbocycles. The van der Waals surface area contributed by atoms with Crippen molar-refractivity contribution in [2.45, 2.75) is 4.90 Å². The van der Waals surface area contributed by atoms with E-state index in [2.05, 4.69) is 12.6 Å². The van der Waals surface area contributed by atoms with E-state index in [4.69, 9.17) is 21.4 Å². The Morgan fingerprint density at radius 1 is 1.62 bits per heavy atom. The molecule has 0 radical (unpaired) electrons. The Kier molecular flexibility index (Phi) is 3.06. The number of benzene rings is 1. The van der Waals surface area contributed by atoms with Crippen molar-refractivity contribution in [2.24, 2.45) is 0 Å². The molecule has 1 aromatic carbocycles. The van der Waals surface area contributed by atoms with Gasteiger partial charge in [-0.1, -0.05) is 11.6 Å². The molecular formula is C8H7ClO3S. The molecule has 0 spiro atoms. The maximum absolute atomic E-state index is 10.7. The predicted molar refractivity (Wildman–Crippen MR) is 52.2 cm³/mol. The zero-order valence-electron chi connectivity index (χ0n) is 6.74. The Bertz CT molecular complexity index is 351. The number of ether oxygens (including phenoxy) is 1. The molecule has 3 nitrogen and oxygen atoms in total. The minimum atomic E-state index is -1.07. The lowest BCUT2D eigenvalue weighted by atomic mass is 10.2. The van der Waals surface area contributed by atoms with Crippen LogP contribution in [0, 0.1) is 0 Å². The van der Waals surface area contributed by atoms with Crippen LogP contribution in [-0.4, -0.2) is 18.2 Å². The summed E-state index contributed by atoms with van der Waals surface area (Å²) in [5, 5.41) is 9.12. The first-order valence-corrected chi connectivity index (χ1v) is 4.18. The molecule has 1 aromatic rings. The standard InChI is InChI=1S/C8H7ClO3S/c1-12-6-3-5(9)7(13)2-4(6)8(10)11/h2-3,13H,1H3,(H,10,11). The van der Waals surface area contributed by atoms with E-state index in [1.165, 1.54) is 19.2 Å². The lowest BCUT2D eigenvalue weighted by Gasteiger charge is -2.06. The van der Waals surface area contributed by atoms with Gasteiger partial charge in [0.05, 0.1) is 12.1 Å². The van der Waals surface area contributed by atoms with E-state index in [0.717, 1.165) is 0 Å². The van der Waals surface area contributed by atoms with Crippen LogP contribution < -0.4 is 4.74 Å². The monoisotopic (exact) mass is 218 g/mol. The van der Waals surface area contributed by atoms with Crippen LogP contribution in [0.4, 0.5) is 0 Å². The summed E-state index contributed by atoms with van der Waals surface area (Å²) in [5.41, 5.74) is 0.0527. The molecule has 1 N–H and O–H groups in total. The first-order valence-electron chi connectivity index (χ1n) is 3.36. The van der Waals surface area contributed by atoms with E-state index >= 15 is 0 Å². The minimum absolute atomic E-state index is 0.0527. The van der Waals surface area contributed by atoms with Crippen molar-refractivity contribution in [3.8, 4) is 5.75 Å². The summed E-state index contributed by atoms with van der Waals surface area (Å²) in [7, 11) is 1.39. The fraction of sp³-hybridized carbons (Fsp3) is 0.125. The highest BCUT2D eigenvalue weighted by Gasteiger charge is 2.12. The SMILES string of the molecule is COc1cc(Cl)c(S)cc1C(=O)O. The van der Waals surface area contributed by atoms with Crippen LogP contribution in [0.25, 0.3) is 0 Å². The average molecular weight is 219 g/mol. The lowest BCUT2D eigenvalue weighted by molar-refractivity contribution is 0.0693. The first kappa shape index (κ1) is 10.2. The molecule has 0 amide bonds. The highest BCUT2D eigenvalue weighted by atomic mass is 35.5. The number of methoxy groups -OCH3 is 1. The third-order valence-corrected chi connectivity index (χ3v) is 2.31. The van der Waals surface area contributed by atoms with Gasteiger partial charge in [0.15, 0.2) is 0 Å².